The van der Waals surface area contributed by atoms with Gasteiger partial charge in [0.1, 0.15) is 0 Å². The van der Waals surface area contributed by atoms with Gasteiger partial charge >= 0.3 is 207 Å². The van der Waals surface area contributed by atoms with Gasteiger partial charge in [-0.2, -0.15) is 0 Å². The van der Waals surface area contributed by atoms with Crippen molar-refractivity contribution < 1.29 is 47.6 Å². The third-order valence-electron chi connectivity index (χ3n) is 6.04. The van der Waals surface area contributed by atoms with E-state index in [2.05, 4.69) is 0 Å². The molecule has 0 aromatic carbocycles. The van der Waals surface area contributed by atoms with E-state index in [9.17, 15) is 43.2 Å². The van der Waals surface area contributed by atoms with E-state index in [1.165, 1.54) is 0 Å². The Morgan fingerprint density at radius 3 is 1.26 bits per heavy atom. The summed E-state index contributed by atoms with van der Waals surface area (Å²) in [7, 11) is -17.0. The van der Waals surface area contributed by atoms with Crippen molar-refractivity contribution in [3.63, 3.8) is 0 Å². The predicted octanol–water partition coefficient (Wildman–Crippen LogP) is 6.64. The molecule has 0 saturated heterocycles. The zero-order valence-electron chi connectivity index (χ0n) is 21.3. The fraction of sp³-hybridized carbons (Fsp3) is 1.00. The van der Waals surface area contributed by atoms with E-state index in [4.69, 9.17) is 4.43 Å². The van der Waals surface area contributed by atoms with Crippen LogP contribution in [0.4, 0.5) is 26.3 Å². The van der Waals surface area contributed by atoms with Gasteiger partial charge in [0.25, 0.3) is 0 Å². The number of hydrogen-bond acceptors (Lipinski definition) is 5. The summed E-state index contributed by atoms with van der Waals surface area (Å²) in [5.74, 6) is -0.406. The molecule has 35 heavy (non-hydrogen) atoms. The third-order valence-corrected chi connectivity index (χ3v) is 26.0. The molecule has 0 rings (SSSR count). The zero-order chi connectivity index (χ0) is 28.0. The van der Waals surface area contributed by atoms with Crippen molar-refractivity contribution >= 4 is 35.1 Å². The van der Waals surface area contributed by atoms with Gasteiger partial charge in [-0.25, -0.2) is 0 Å². The second-order valence-corrected chi connectivity index (χ2v) is 24.5. The van der Waals surface area contributed by atoms with Crippen LogP contribution < -0.4 is 0 Å². The molecular weight excluding hydrogens is 559 g/mol. The number of halogens is 6. The van der Waals surface area contributed by atoms with Gasteiger partial charge in [-0.05, 0) is 0 Å². The van der Waals surface area contributed by atoms with Gasteiger partial charge in [0.2, 0.25) is 0 Å². The van der Waals surface area contributed by atoms with Crippen LogP contribution >= 0.6 is 6.75 Å². The Kier molecular flexibility index (Phi) is 12.3. The van der Waals surface area contributed by atoms with Crippen molar-refractivity contribution in [2.75, 3.05) is 30.9 Å². The third kappa shape index (κ3) is 7.78. The number of rotatable bonds is 16. The Bertz CT molecular complexity index is 826. The maximum atomic E-state index is 14.0. The fourth-order valence-electron chi connectivity index (χ4n) is 4.90. The topological polar surface area (TPSA) is 80.8 Å². The van der Waals surface area contributed by atoms with Crippen molar-refractivity contribution in [3.05, 3.63) is 0 Å². The molecule has 0 spiro atoms. The van der Waals surface area contributed by atoms with Gasteiger partial charge < -0.3 is 0 Å². The van der Waals surface area contributed by atoms with Crippen molar-refractivity contribution in [1.82, 2.24) is 3.48 Å². The van der Waals surface area contributed by atoms with Crippen molar-refractivity contribution in [2.45, 2.75) is 90.3 Å². The van der Waals surface area contributed by atoms with E-state index in [1.54, 1.807) is 40.8 Å². The molecule has 0 radical (unpaired) electrons. The number of nitrogens with zero attached hydrogens (tertiary/aromatic N) is 1. The Hall–Kier alpha value is 0.0469. The first-order chi connectivity index (χ1) is 15.6. The van der Waals surface area contributed by atoms with Crippen molar-refractivity contribution in [1.29, 1.82) is 0 Å². The molecule has 0 bridgehead atoms. The van der Waals surface area contributed by atoms with Crippen LogP contribution in [0.5, 0.6) is 0 Å². The normalized spacial score (nSPS) is 15.9. The molecule has 0 N–H and O–H groups in total. The Labute approximate surface area is 207 Å². The minimum absolute atomic E-state index is 0.0825. The molecule has 0 aromatic rings. The van der Waals surface area contributed by atoms with Crippen LogP contribution in [0.15, 0.2) is 0 Å². The SMILES string of the molecule is CCCCP(CCCC)(CCCC)(C[Si](C)(C)OCC)N(S(=O)(=O)C(F)(F)F)S(=O)(=O)C(F)(F)F. The number of hydrogen-bond donors (Lipinski definition) is 0. The summed E-state index contributed by atoms with van der Waals surface area (Å²) in [6.07, 6.45) is 0.191. The first kappa shape index (κ1) is 35.0. The summed E-state index contributed by atoms with van der Waals surface area (Å²) < 4.78 is 141. The predicted molar refractivity (Wildman–Crippen MR) is 132 cm³/mol. The first-order valence-electron chi connectivity index (χ1n) is 11.7. The second-order valence-electron chi connectivity index (χ2n) is 9.57. The minimum atomic E-state index is -6.92. The van der Waals surface area contributed by atoms with Crippen LogP contribution in [0.25, 0.3) is 0 Å². The summed E-state index contributed by atoms with van der Waals surface area (Å²) in [4.78, 5) is 0. The van der Waals surface area contributed by atoms with Crippen LogP contribution in [0.3, 0.4) is 0 Å². The zero-order valence-corrected chi connectivity index (χ0v) is 24.8. The Morgan fingerprint density at radius 1 is 0.714 bits per heavy atom. The monoisotopic (exact) mass is 599 g/mol. The van der Waals surface area contributed by atoms with Crippen LogP contribution in [0, 0.1) is 0 Å². The number of sulfonamides is 2. The summed E-state index contributed by atoms with van der Waals surface area (Å²) in [6.45, 7) is 4.81. The molecule has 0 aliphatic carbocycles. The van der Waals surface area contributed by atoms with Gasteiger partial charge in [-0.1, -0.05) is 0 Å². The molecule has 16 heteroatoms. The van der Waals surface area contributed by atoms with Crippen LogP contribution in [-0.4, -0.2) is 70.5 Å². The van der Waals surface area contributed by atoms with E-state index >= 15 is 0 Å². The average Bonchev–Trinajstić information content (AvgIpc) is 2.67. The Morgan fingerprint density at radius 2 is 1.03 bits per heavy atom. The molecule has 0 aromatic heterocycles. The van der Waals surface area contributed by atoms with Crippen molar-refractivity contribution in [2.24, 2.45) is 0 Å². The van der Waals surface area contributed by atoms with Gasteiger partial charge in [0, 0.05) is 0 Å². The van der Waals surface area contributed by atoms with Gasteiger partial charge in [-0.3, -0.25) is 0 Å². The van der Waals surface area contributed by atoms with Crippen LogP contribution in [0.1, 0.15) is 66.2 Å². The molecule has 0 saturated carbocycles. The molecule has 0 heterocycles. The van der Waals surface area contributed by atoms with Crippen LogP contribution in [-0.2, 0) is 24.5 Å². The van der Waals surface area contributed by atoms with Gasteiger partial charge in [-0.15, -0.1) is 0 Å². The molecule has 0 atom stereocenters. The van der Waals surface area contributed by atoms with E-state index in [-0.39, 0.29) is 44.4 Å². The summed E-state index contributed by atoms with van der Waals surface area (Å²) >= 11 is 0. The fourth-order valence-corrected chi connectivity index (χ4v) is 30.6. The molecule has 0 aliphatic rings. The second kappa shape index (κ2) is 12.3. The molecule has 0 unspecified atom stereocenters. The molecule has 0 fully saturated rings. The summed E-state index contributed by atoms with van der Waals surface area (Å²) in [5, 5.41) is 0. The standard InChI is InChI=1S/C19H40F6NO5PS2Si/c1-7-11-14-32(15-12-8-2,16-13-9-3,17-35(5,6)31-10-4)26(33(27,28)18(20,21)22)34(29,30)19(23,24)25/h7-17H2,1-6H3. The summed E-state index contributed by atoms with van der Waals surface area (Å²) in [6, 6.07) is 0. The van der Waals surface area contributed by atoms with E-state index < -0.39 is 55.4 Å². The molecule has 0 aliphatic heterocycles. The van der Waals surface area contributed by atoms with E-state index in [0.717, 1.165) is 0 Å². The van der Waals surface area contributed by atoms with E-state index in [0.29, 0.717) is 19.3 Å². The maximum absolute atomic E-state index is 14.0. The van der Waals surface area contributed by atoms with E-state index in [1.807, 2.05) is 0 Å². The van der Waals surface area contributed by atoms with Gasteiger partial charge in [0.05, 0.1) is 0 Å². The molecule has 214 valence electrons. The molecular formula is C19H40F6NO5PS2Si. The quantitative estimate of drug-likeness (QED) is 0.113. The average molecular weight is 600 g/mol. The van der Waals surface area contributed by atoms with Crippen molar-refractivity contribution in [3.8, 4) is 0 Å². The van der Waals surface area contributed by atoms with Gasteiger partial charge in [0.15, 0.2) is 0 Å². The molecule has 6 nitrogen and oxygen atoms in total. The Balaban J connectivity index is 8.14. The first-order valence-corrected chi connectivity index (χ1v) is 20.6. The van der Waals surface area contributed by atoms with Crippen LogP contribution in [0.2, 0.25) is 13.1 Å². The molecule has 0 amide bonds. The number of unbranched alkanes of at least 4 members (excludes halogenated alkanes) is 3. The number of alkyl halides is 6. The summed E-state index contributed by atoms with van der Waals surface area (Å²) in [5.41, 5.74) is -12.5.